The zero-order valence-electron chi connectivity index (χ0n) is 7.36. The molecule has 6 heteroatoms. The van der Waals surface area contributed by atoms with Crippen LogP contribution in [0.25, 0.3) is 0 Å². The van der Waals surface area contributed by atoms with Gasteiger partial charge in [0, 0.05) is 28.2 Å². The summed E-state index contributed by atoms with van der Waals surface area (Å²) in [5, 5.41) is 7.95. The molecular weight excluding hydrogens is 194 g/mol. The lowest BCUT2D eigenvalue weighted by molar-refractivity contribution is -0.136. The van der Waals surface area contributed by atoms with Crippen molar-refractivity contribution in [2.45, 2.75) is 25.0 Å². The molecule has 0 fully saturated rings. The van der Waals surface area contributed by atoms with Gasteiger partial charge in [0.25, 0.3) is 0 Å². The molecule has 0 aliphatic carbocycles. The maximum Gasteiger partial charge on any atom is 0.304 e. The van der Waals surface area contributed by atoms with Crippen LogP contribution in [-0.2, 0) is 20.4 Å². The molecule has 5 nitrogen and oxygen atoms in total. The predicted octanol–water partition coefficient (Wildman–Crippen LogP) is -0.526. The van der Waals surface area contributed by atoms with Crippen molar-refractivity contribution in [2.75, 3.05) is 5.75 Å². The highest BCUT2D eigenvalue weighted by Gasteiger charge is 2.15. The largest absolute Gasteiger partial charge is 0.481 e. The number of carboxylic acids is 1. The standard InChI is InChI=1S/C7H13NO4S/c1-5(4-7(10)11)13(12)3-2-6(8)9/h5H,2-4H2,1H3,(H2,8,9)(H,10,11). The highest BCUT2D eigenvalue weighted by Crippen LogP contribution is 2.02. The van der Waals surface area contributed by atoms with Gasteiger partial charge in [-0.2, -0.15) is 0 Å². The summed E-state index contributed by atoms with van der Waals surface area (Å²) >= 11 is 0. The Labute approximate surface area is 78.8 Å². The first-order chi connectivity index (χ1) is 5.93. The molecule has 0 aromatic rings. The Bertz CT molecular complexity index is 229. The molecule has 2 atom stereocenters. The third-order valence-electron chi connectivity index (χ3n) is 1.46. The summed E-state index contributed by atoms with van der Waals surface area (Å²) in [5.74, 6) is -1.36. The number of carboxylic acid groups (broad SMARTS) is 1. The first-order valence-corrected chi connectivity index (χ1v) is 5.19. The van der Waals surface area contributed by atoms with Crippen LogP contribution < -0.4 is 5.73 Å². The summed E-state index contributed by atoms with van der Waals surface area (Å²) in [4.78, 5) is 20.5. The van der Waals surface area contributed by atoms with Crippen molar-refractivity contribution in [3.63, 3.8) is 0 Å². The lowest BCUT2D eigenvalue weighted by Gasteiger charge is -2.06. The Balaban J connectivity index is 3.82. The van der Waals surface area contributed by atoms with E-state index >= 15 is 0 Å². The van der Waals surface area contributed by atoms with Crippen LogP contribution in [0.2, 0.25) is 0 Å². The summed E-state index contributed by atoms with van der Waals surface area (Å²) in [6.07, 6.45) is -0.109. The molecule has 0 aromatic carbocycles. The van der Waals surface area contributed by atoms with E-state index in [0.717, 1.165) is 0 Å². The van der Waals surface area contributed by atoms with Crippen molar-refractivity contribution in [1.82, 2.24) is 0 Å². The minimum Gasteiger partial charge on any atom is -0.481 e. The van der Waals surface area contributed by atoms with E-state index in [1.165, 1.54) is 0 Å². The fourth-order valence-electron chi connectivity index (χ4n) is 0.741. The summed E-state index contributed by atoms with van der Waals surface area (Å²) in [5.41, 5.74) is 4.85. The minimum absolute atomic E-state index is 0.0383. The number of hydrogen-bond acceptors (Lipinski definition) is 3. The monoisotopic (exact) mass is 207 g/mol. The number of rotatable bonds is 6. The third kappa shape index (κ3) is 6.27. The molecule has 0 aliphatic heterocycles. The molecule has 3 N–H and O–H groups in total. The predicted molar refractivity (Wildman–Crippen MR) is 48.5 cm³/mol. The van der Waals surface area contributed by atoms with Crippen LogP contribution in [0.3, 0.4) is 0 Å². The minimum atomic E-state index is -1.29. The topological polar surface area (TPSA) is 97.5 Å². The Morgan fingerprint density at radius 1 is 1.54 bits per heavy atom. The normalized spacial score (nSPS) is 14.8. The van der Waals surface area contributed by atoms with Crippen LogP contribution >= 0.6 is 0 Å². The second-order valence-electron chi connectivity index (χ2n) is 2.71. The zero-order chi connectivity index (χ0) is 10.4. The number of carbonyl (C=O) groups is 2. The van der Waals surface area contributed by atoms with Gasteiger partial charge in [-0.05, 0) is 0 Å². The summed E-state index contributed by atoms with van der Waals surface area (Å²) in [7, 11) is -1.29. The van der Waals surface area contributed by atoms with Gasteiger partial charge in [0.2, 0.25) is 5.91 Å². The van der Waals surface area contributed by atoms with E-state index in [2.05, 4.69) is 0 Å². The van der Waals surface area contributed by atoms with Gasteiger partial charge in [-0.3, -0.25) is 13.8 Å². The molecule has 13 heavy (non-hydrogen) atoms. The van der Waals surface area contributed by atoms with E-state index in [9.17, 15) is 13.8 Å². The number of primary amides is 1. The Morgan fingerprint density at radius 3 is 2.46 bits per heavy atom. The fraction of sp³-hybridized carbons (Fsp3) is 0.714. The molecule has 76 valence electrons. The van der Waals surface area contributed by atoms with Gasteiger partial charge in [0.05, 0.1) is 6.42 Å². The molecule has 1 amide bonds. The van der Waals surface area contributed by atoms with Crippen molar-refractivity contribution >= 4 is 22.7 Å². The number of carbonyl (C=O) groups excluding carboxylic acids is 1. The van der Waals surface area contributed by atoms with E-state index in [4.69, 9.17) is 10.8 Å². The van der Waals surface area contributed by atoms with Crippen LogP contribution in [0, 0.1) is 0 Å². The molecule has 0 bridgehead atoms. The van der Waals surface area contributed by atoms with E-state index in [1.54, 1.807) is 6.92 Å². The van der Waals surface area contributed by atoms with Gasteiger partial charge in [-0.15, -0.1) is 0 Å². The van der Waals surface area contributed by atoms with Crippen LogP contribution in [0.15, 0.2) is 0 Å². The van der Waals surface area contributed by atoms with Crippen LogP contribution in [-0.4, -0.2) is 32.2 Å². The highest BCUT2D eigenvalue weighted by atomic mass is 32.2. The van der Waals surface area contributed by atoms with Crippen molar-refractivity contribution < 1.29 is 18.9 Å². The van der Waals surface area contributed by atoms with Crippen LogP contribution in [0.5, 0.6) is 0 Å². The molecule has 2 unspecified atom stereocenters. The zero-order valence-corrected chi connectivity index (χ0v) is 8.17. The van der Waals surface area contributed by atoms with Crippen molar-refractivity contribution in [2.24, 2.45) is 5.73 Å². The number of hydrogen-bond donors (Lipinski definition) is 2. The maximum atomic E-state index is 11.2. The molecule has 0 spiro atoms. The fourth-order valence-corrected chi connectivity index (χ4v) is 1.87. The quantitative estimate of drug-likeness (QED) is 0.612. The van der Waals surface area contributed by atoms with Crippen molar-refractivity contribution in [3.8, 4) is 0 Å². The van der Waals surface area contributed by atoms with Gasteiger partial charge < -0.3 is 10.8 Å². The SMILES string of the molecule is CC(CC(=O)O)S(=O)CCC(N)=O. The average molecular weight is 207 g/mol. The second kappa shape index (κ2) is 5.69. The van der Waals surface area contributed by atoms with Crippen molar-refractivity contribution in [3.05, 3.63) is 0 Å². The maximum absolute atomic E-state index is 11.2. The second-order valence-corrected chi connectivity index (χ2v) is 4.68. The molecule has 0 aromatic heterocycles. The number of nitrogens with two attached hydrogens (primary N) is 1. The van der Waals surface area contributed by atoms with E-state index in [0.29, 0.717) is 0 Å². The van der Waals surface area contributed by atoms with Crippen LogP contribution in [0.4, 0.5) is 0 Å². The Kier molecular flexibility index (Phi) is 5.29. The van der Waals surface area contributed by atoms with Crippen LogP contribution in [0.1, 0.15) is 19.8 Å². The van der Waals surface area contributed by atoms with E-state index in [1.807, 2.05) is 0 Å². The van der Waals surface area contributed by atoms with Gasteiger partial charge >= 0.3 is 5.97 Å². The molecule has 0 rings (SSSR count). The summed E-state index contributed by atoms with van der Waals surface area (Å²) in [6.45, 7) is 1.57. The Morgan fingerprint density at radius 2 is 2.08 bits per heavy atom. The molecule has 0 heterocycles. The Hall–Kier alpha value is -0.910. The molecule has 0 aliphatic rings. The molecular formula is C7H13NO4S. The summed E-state index contributed by atoms with van der Waals surface area (Å²) in [6, 6.07) is 0. The lowest BCUT2D eigenvalue weighted by atomic mass is 10.3. The number of amides is 1. The third-order valence-corrected chi connectivity index (χ3v) is 3.13. The highest BCUT2D eigenvalue weighted by molar-refractivity contribution is 7.85. The first kappa shape index (κ1) is 12.1. The molecule has 0 saturated carbocycles. The molecule has 0 saturated heterocycles. The van der Waals surface area contributed by atoms with Gasteiger partial charge in [-0.25, -0.2) is 0 Å². The lowest BCUT2D eigenvalue weighted by Crippen LogP contribution is -2.21. The average Bonchev–Trinajstić information content (AvgIpc) is 1.98. The van der Waals surface area contributed by atoms with E-state index < -0.39 is 27.9 Å². The van der Waals surface area contributed by atoms with Gasteiger partial charge in [0.1, 0.15) is 0 Å². The van der Waals surface area contributed by atoms with Crippen molar-refractivity contribution in [1.29, 1.82) is 0 Å². The smallest absolute Gasteiger partial charge is 0.304 e. The van der Waals surface area contributed by atoms with Gasteiger partial charge in [-0.1, -0.05) is 6.92 Å². The molecule has 0 radical (unpaired) electrons. The summed E-state index contributed by atoms with van der Waals surface area (Å²) < 4.78 is 11.2. The van der Waals surface area contributed by atoms with Gasteiger partial charge in [0.15, 0.2) is 0 Å². The number of aliphatic carboxylic acids is 1. The van der Waals surface area contributed by atoms with E-state index in [-0.39, 0.29) is 18.6 Å². The first-order valence-electron chi connectivity index (χ1n) is 3.80.